The van der Waals surface area contributed by atoms with E-state index in [1.54, 1.807) is 6.26 Å². The van der Waals surface area contributed by atoms with Crippen molar-refractivity contribution in [3.8, 4) is 0 Å². The first kappa shape index (κ1) is 11.4. The van der Waals surface area contributed by atoms with E-state index in [1.807, 2.05) is 12.1 Å². The van der Waals surface area contributed by atoms with Crippen molar-refractivity contribution < 1.29 is 4.42 Å². The molecule has 0 fully saturated rings. The minimum Gasteiger partial charge on any atom is -0.467 e. The van der Waals surface area contributed by atoms with E-state index >= 15 is 0 Å². The van der Waals surface area contributed by atoms with Crippen LogP contribution >= 0.6 is 0 Å². The topological polar surface area (TPSA) is 77.0 Å². The zero-order valence-electron chi connectivity index (χ0n) is 9.97. The van der Waals surface area contributed by atoms with Gasteiger partial charge in [-0.15, -0.1) is 0 Å². The average molecular weight is 232 g/mol. The number of hydrogen-bond acceptors (Lipinski definition) is 5. The maximum absolute atomic E-state index is 5.86. The molecular weight excluding hydrogens is 216 g/mol. The monoisotopic (exact) mass is 232 g/mol. The van der Waals surface area contributed by atoms with Gasteiger partial charge in [0.15, 0.2) is 0 Å². The summed E-state index contributed by atoms with van der Waals surface area (Å²) < 4.78 is 5.25. The lowest BCUT2D eigenvalue weighted by molar-refractivity contribution is 0.517. The molecule has 0 saturated carbocycles. The summed E-state index contributed by atoms with van der Waals surface area (Å²) in [6.45, 7) is 4.71. The highest BCUT2D eigenvalue weighted by Gasteiger charge is 2.12. The van der Waals surface area contributed by atoms with Gasteiger partial charge >= 0.3 is 0 Å². The SMILES string of the molecule is CC(C)c1c(N)ncnc1NCc1ccco1. The summed E-state index contributed by atoms with van der Waals surface area (Å²) in [5.74, 6) is 2.42. The lowest BCUT2D eigenvalue weighted by atomic mass is 10.0. The van der Waals surface area contributed by atoms with Crippen LogP contribution in [-0.4, -0.2) is 9.97 Å². The molecule has 0 radical (unpaired) electrons. The van der Waals surface area contributed by atoms with Crippen LogP contribution in [0.5, 0.6) is 0 Å². The van der Waals surface area contributed by atoms with Crippen molar-refractivity contribution in [3.63, 3.8) is 0 Å². The summed E-state index contributed by atoms with van der Waals surface area (Å²) in [6.07, 6.45) is 3.11. The predicted octanol–water partition coefficient (Wildman–Crippen LogP) is 2.39. The van der Waals surface area contributed by atoms with E-state index in [-0.39, 0.29) is 5.92 Å². The van der Waals surface area contributed by atoms with Crippen LogP contribution in [0.1, 0.15) is 31.1 Å². The molecule has 17 heavy (non-hydrogen) atoms. The molecule has 3 N–H and O–H groups in total. The Morgan fingerprint density at radius 1 is 1.41 bits per heavy atom. The van der Waals surface area contributed by atoms with Crippen molar-refractivity contribution in [2.75, 3.05) is 11.1 Å². The van der Waals surface area contributed by atoms with Gasteiger partial charge < -0.3 is 15.5 Å². The Morgan fingerprint density at radius 2 is 2.24 bits per heavy atom. The Balaban J connectivity index is 2.18. The third kappa shape index (κ3) is 2.55. The maximum atomic E-state index is 5.86. The van der Waals surface area contributed by atoms with Crippen LogP contribution in [-0.2, 0) is 6.54 Å². The third-order valence-electron chi connectivity index (χ3n) is 2.50. The molecule has 2 aromatic heterocycles. The zero-order valence-corrected chi connectivity index (χ0v) is 9.97. The second-order valence-electron chi connectivity index (χ2n) is 4.11. The summed E-state index contributed by atoms with van der Waals surface area (Å²) in [7, 11) is 0. The van der Waals surface area contributed by atoms with E-state index in [1.165, 1.54) is 6.33 Å². The van der Waals surface area contributed by atoms with Crippen LogP contribution in [0.3, 0.4) is 0 Å². The first-order chi connectivity index (χ1) is 8.18. The summed E-state index contributed by atoms with van der Waals surface area (Å²) in [5.41, 5.74) is 6.80. The van der Waals surface area contributed by atoms with Crippen molar-refractivity contribution in [1.82, 2.24) is 9.97 Å². The van der Waals surface area contributed by atoms with E-state index in [4.69, 9.17) is 10.2 Å². The highest BCUT2D eigenvalue weighted by molar-refractivity contribution is 5.56. The molecule has 0 spiro atoms. The molecule has 0 unspecified atom stereocenters. The lowest BCUT2D eigenvalue weighted by Gasteiger charge is -2.14. The Kier molecular flexibility index (Phi) is 3.27. The maximum Gasteiger partial charge on any atom is 0.135 e. The summed E-state index contributed by atoms with van der Waals surface area (Å²) in [5, 5.41) is 3.21. The Hall–Kier alpha value is -2.04. The van der Waals surface area contributed by atoms with Gasteiger partial charge in [-0.1, -0.05) is 13.8 Å². The van der Waals surface area contributed by atoms with Gasteiger partial charge in [-0.3, -0.25) is 0 Å². The fraction of sp³-hybridized carbons (Fsp3) is 0.333. The van der Waals surface area contributed by atoms with Gasteiger partial charge in [-0.25, -0.2) is 9.97 Å². The molecule has 0 amide bonds. The number of nitrogens with zero attached hydrogens (tertiary/aromatic N) is 2. The van der Waals surface area contributed by atoms with Crippen LogP contribution in [0.25, 0.3) is 0 Å². The molecule has 0 aromatic carbocycles. The van der Waals surface area contributed by atoms with Gasteiger partial charge in [-0.05, 0) is 18.1 Å². The van der Waals surface area contributed by atoms with E-state index in [9.17, 15) is 0 Å². The molecule has 0 aliphatic heterocycles. The number of anilines is 2. The number of furan rings is 1. The fourth-order valence-electron chi connectivity index (χ4n) is 1.70. The van der Waals surface area contributed by atoms with E-state index in [0.717, 1.165) is 17.1 Å². The number of nitrogens with two attached hydrogens (primary N) is 1. The molecular formula is C12H16N4O. The van der Waals surface area contributed by atoms with Crippen LogP contribution in [0, 0.1) is 0 Å². The molecule has 5 heteroatoms. The van der Waals surface area contributed by atoms with Crippen molar-refractivity contribution in [3.05, 3.63) is 36.0 Å². The highest BCUT2D eigenvalue weighted by Crippen LogP contribution is 2.26. The zero-order chi connectivity index (χ0) is 12.3. The van der Waals surface area contributed by atoms with E-state index < -0.39 is 0 Å². The summed E-state index contributed by atoms with van der Waals surface area (Å²) >= 11 is 0. The van der Waals surface area contributed by atoms with Crippen molar-refractivity contribution >= 4 is 11.6 Å². The van der Waals surface area contributed by atoms with Crippen molar-refractivity contribution in [1.29, 1.82) is 0 Å². The Labute approximate surface area is 100 Å². The number of nitrogen functional groups attached to an aromatic ring is 1. The van der Waals surface area contributed by atoms with Gasteiger partial charge in [0.1, 0.15) is 23.7 Å². The molecule has 2 aromatic rings. The standard InChI is InChI=1S/C12H16N4O/c1-8(2)10-11(13)15-7-16-12(10)14-6-9-4-3-5-17-9/h3-5,7-8H,6H2,1-2H3,(H3,13,14,15,16). The number of aromatic nitrogens is 2. The largest absolute Gasteiger partial charge is 0.467 e. The quantitative estimate of drug-likeness (QED) is 0.846. The number of hydrogen-bond donors (Lipinski definition) is 2. The smallest absolute Gasteiger partial charge is 0.135 e. The number of nitrogens with one attached hydrogen (secondary N) is 1. The summed E-state index contributed by atoms with van der Waals surface area (Å²) in [4.78, 5) is 8.23. The molecule has 0 atom stereocenters. The van der Waals surface area contributed by atoms with Gasteiger partial charge in [0.2, 0.25) is 0 Å². The van der Waals surface area contributed by atoms with Gasteiger partial charge in [0.05, 0.1) is 12.8 Å². The number of rotatable bonds is 4. The molecule has 0 bridgehead atoms. The van der Waals surface area contributed by atoms with E-state index in [2.05, 4.69) is 29.1 Å². The average Bonchev–Trinajstić information content (AvgIpc) is 2.78. The molecule has 5 nitrogen and oxygen atoms in total. The Bertz CT molecular complexity index is 479. The van der Waals surface area contributed by atoms with Crippen LogP contribution in [0.2, 0.25) is 0 Å². The first-order valence-electron chi connectivity index (χ1n) is 5.55. The molecule has 0 aliphatic carbocycles. The second kappa shape index (κ2) is 4.86. The minimum absolute atomic E-state index is 0.273. The van der Waals surface area contributed by atoms with Gasteiger partial charge in [-0.2, -0.15) is 0 Å². The molecule has 90 valence electrons. The van der Waals surface area contributed by atoms with Crippen LogP contribution in [0.15, 0.2) is 29.1 Å². The Morgan fingerprint density at radius 3 is 2.88 bits per heavy atom. The predicted molar refractivity (Wildman–Crippen MR) is 66.6 cm³/mol. The van der Waals surface area contributed by atoms with Gasteiger partial charge in [0.25, 0.3) is 0 Å². The minimum atomic E-state index is 0.273. The molecule has 2 rings (SSSR count). The summed E-state index contributed by atoms with van der Waals surface area (Å²) in [6, 6.07) is 3.77. The highest BCUT2D eigenvalue weighted by atomic mass is 16.3. The first-order valence-corrected chi connectivity index (χ1v) is 5.55. The molecule has 0 saturated heterocycles. The van der Waals surface area contributed by atoms with E-state index in [0.29, 0.717) is 12.4 Å². The third-order valence-corrected chi connectivity index (χ3v) is 2.50. The lowest BCUT2D eigenvalue weighted by Crippen LogP contribution is -2.09. The van der Waals surface area contributed by atoms with Crippen LogP contribution < -0.4 is 11.1 Å². The normalized spacial score (nSPS) is 10.8. The van der Waals surface area contributed by atoms with Crippen molar-refractivity contribution in [2.45, 2.75) is 26.3 Å². The fourth-order valence-corrected chi connectivity index (χ4v) is 1.70. The van der Waals surface area contributed by atoms with Gasteiger partial charge in [0, 0.05) is 5.56 Å². The molecule has 0 aliphatic rings. The second-order valence-corrected chi connectivity index (χ2v) is 4.11. The van der Waals surface area contributed by atoms with Crippen LogP contribution in [0.4, 0.5) is 11.6 Å². The van der Waals surface area contributed by atoms with Crippen molar-refractivity contribution in [2.24, 2.45) is 0 Å². The molecule has 2 heterocycles.